The fraction of sp³-hybridized carbons (Fsp3) is 0.483. The number of anilines is 1. The number of amides is 1. The van der Waals surface area contributed by atoms with Gasteiger partial charge >= 0.3 is 6.09 Å². The van der Waals surface area contributed by atoms with Crippen LogP contribution in [0.4, 0.5) is 10.5 Å². The number of nitrogens with zero attached hydrogens (tertiary/aromatic N) is 6. The SMILES string of the molecule is Cn1cc(C2C(Br)=CC=CC2(C)S(=O)(=O)n2ccc3c(N4CC5CCC(C4)N5C(=O)OC(C)(C)C)ccnc32)cn1. The van der Waals surface area contributed by atoms with Gasteiger partial charge in [-0.15, -0.1) is 0 Å². The Labute approximate surface area is 248 Å². The monoisotopic (exact) mass is 642 g/mol. The molecule has 0 aromatic carbocycles. The number of hydrogen-bond donors (Lipinski definition) is 0. The first-order chi connectivity index (χ1) is 19.3. The highest BCUT2D eigenvalue weighted by atomic mass is 79.9. The molecule has 41 heavy (non-hydrogen) atoms. The van der Waals surface area contributed by atoms with Crippen LogP contribution in [0.2, 0.25) is 0 Å². The Morgan fingerprint density at radius 3 is 2.51 bits per heavy atom. The fourth-order valence-corrected chi connectivity index (χ4v) is 9.38. The standard InChI is InChI=1S/C29H35BrN6O4S/c1-28(2,3)40-27(37)36-20-8-9-21(36)18-34(17-20)24-10-13-31-26-22(24)11-14-35(26)41(38,39)29(4)12-6-7-23(30)25(29)19-15-32-33(5)16-19/h6-7,10-16,20-21,25H,8-9,17-18H2,1-5H3. The summed E-state index contributed by atoms with van der Waals surface area (Å²) >= 11 is 3.63. The summed E-state index contributed by atoms with van der Waals surface area (Å²) in [6.07, 6.45) is 13.8. The second-order valence-electron chi connectivity index (χ2n) is 12.3. The van der Waals surface area contributed by atoms with Gasteiger partial charge in [0.25, 0.3) is 0 Å². The first-order valence-electron chi connectivity index (χ1n) is 13.8. The summed E-state index contributed by atoms with van der Waals surface area (Å²) in [6, 6.07) is 3.83. The van der Waals surface area contributed by atoms with Crippen molar-refractivity contribution in [2.75, 3.05) is 18.0 Å². The predicted molar refractivity (Wildman–Crippen MR) is 162 cm³/mol. The van der Waals surface area contributed by atoms with E-state index in [1.54, 1.807) is 42.3 Å². The summed E-state index contributed by atoms with van der Waals surface area (Å²) in [6.45, 7) is 8.68. The number of rotatable bonds is 4. The molecule has 12 heteroatoms. The van der Waals surface area contributed by atoms with Crippen molar-refractivity contribution in [1.82, 2.24) is 23.6 Å². The second kappa shape index (κ2) is 9.72. The summed E-state index contributed by atoms with van der Waals surface area (Å²) in [5.41, 5.74) is 1.55. The third-order valence-corrected chi connectivity index (χ3v) is 11.4. The van der Waals surface area contributed by atoms with E-state index in [2.05, 4.69) is 30.9 Å². The molecule has 3 aliphatic rings. The van der Waals surface area contributed by atoms with Crippen molar-refractivity contribution in [3.05, 3.63) is 65.2 Å². The van der Waals surface area contributed by atoms with E-state index in [1.807, 2.05) is 57.1 Å². The van der Waals surface area contributed by atoms with Crippen molar-refractivity contribution in [3.63, 3.8) is 0 Å². The van der Waals surface area contributed by atoms with Gasteiger partial charge in [0.15, 0.2) is 5.65 Å². The minimum atomic E-state index is -3.99. The van der Waals surface area contributed by atoms with Gasteiger partial charge in [-0.25, -0.2) is 22.2 Å². The Hall–Kier alpha value is -3.12. The van der Waals surface area contributed by atoms with Crippen molar-refractivity contribution in [1.29, 1.82) is 0 Å². The van der Waals surface area contributed by atoms with Crippen molar-refractivity contribution in [3.8, 4) is 0 Å². The topological polar surface area (TPSA) is 103 Å². The second-order valence-corrected chi connectivity index (χ2v) is 15.5. The van der Waals surface area contributed by atoms with Crippen molar-refractivity contribution in [2.24, 2.45) is 7.05 Å². The van der Waals surface area contributed by atoms with Crippen LogP contribution < -0.4 is 4.90 Å². The summed E-state index contributed by atoms with van der Waals surface area (Å²) in [7, 11) is -2.17. The molecule has 2 aliphatic heterocycles. The zero-order valence-electron chi connectivity index (χ0n) is 23.9. The highest BCUT2D eigenvalue weighted by Gasteiger charge is 2.49. The number of ether oxygens (including phenoxy) is 1. The Balaban J connectivity index is 1.34. The molecule has 3 aromatic rings. The number of carbonyl (C=O) groups is 1. The quantitative estimate of drug-likeness (QED) is 0.398. The van der Waals surface area contributed by atoms with Gasteiger partial charge in [-0.1, -0.05) is 34.2 Å². The Morgan fingerprint density at radius 2 is 1.88 bits per heavy atom. The molecule has 0 spiro atoms. The van der Waals surface area contributed by atoms with Gasteiger partial charge in [0.05, 0.1) is 18.3 Å². The van der Waals surface area contributed by atoms with Gasteiger partial charge in [-0.2, -0.15) is 5.10 Å². The number of allylic oxidation sites excluding steroid dienone is 3. The minimum Gasteiger partial charge on any atom is -0.444 e. The Bertz CT molecular complexity index is 1670. The lowest BCUT2D eigenvalue weighted by atomic mass is 9.85. The van der Waals surface area contributed by atoms with Crippen LogP contribution in [0.15, 0.2) is 59.6 Å². The number of hydrogen-bond acceptors (Lipinski definition) is 7. The van der Waals surface area contributed by atoms with Crippen molar-refractivity contribution < 1.29 is 17.9 Å². The van der Waals surface area contributed by atoms with Crippen molar-refractivity contribution in [2.45, 2.75) is 68.9 Å². The molecular formula is C29H35BrN6O4S. The van der Waals surface area contributed by atoms with Crippen LogP contribution >= 0.6 is 15.9 Å². The molecule has 0 saturated carbocycles. The maximum atomic E-state index is 14.5. The highest BCUT2D eigenvalue weighted by Crippen LogP contribution is 2.47. The minimum absolute atomic E-state index is 0.0355. The summed E-state index contributed by atoms with van der Waals surface area (Å²) in [5.74, 6) is -0.483. The highest BCUT2D eigenvalue weighted by molar-refractivity contribution is 9.11. The van der Waals surface area contributed by atoms with Crippen LogP contribution in [-0.4, -0.2) is 73.7 Å². The number of carbonyl (C=O) groups excluding carboxylic acids is 1. The zero-order chi connectivity index (χ0) is 29.3. The van der Waals surface area contributed by atoms with E-state index in [9.17, 15) is 13.2 Å². The number of aromatic nitrogens is 4. The van der Waals surface area contributed by atoms with Crippen LogP contribution in [0.5, 0.6) is 0 Å². The maximum absolute atomic E-state index is 14.5. The van der Waals surface area contributed by atoms with E-state index >= 15 is 0 Å². The Kier molecular flexibility index (Phi) is 6.64. The van der Waals surface area contributed by atoms with Gasteiger partial charge in [0, 0.05) is 65.8 Å². The molecule has 10 nitrogen and oxygen atoms in total. The summed E-state index contributed by atoms with van der Waals surface area (Å²) < 4.78 is 37.1. The molecule has 0 radical (unpaired) electrons. The van der Waals surface area contributed by atoms with E-state index < -0.39 is 26.3 Å². The summed E-state index contributed by atoms with van der Waals surface area (Å²) in [5, 5.41) is 5.05. The van der Waals surface area contributed by atoms with E-state index in [0.29, 0.717) is 18.7 Å². The van der Waals surface area contributed by atoms with E-state index in [-0.39, 0.29) is 18.2 Å². The average molecular weight is 644 g/mol. The first kappa shape index (κ1) is 28.0. The smallest absolute Gasteiger partial charge is 0.410 e. The van der Waals surface area contributed by atoms with Crippen LogP contribution in [0, 0.1) is 0 Å². The molecule has 2 bridgehead atoms. The first-order valence-corrected chi connectivity index (χ1v) is 16.0. The lowest BCUT2D eigenvalue weighted by Gasteiger charge is -2.42. The third-order valence-electron chi connectivity index (χ3n) is 8.36. The van der Waals surface area contributed by atoms with Crippen LogP contribution in [-0.2, 0) is 21.8 Å². The maximum Gasteiger partial charge on any atom is 0.410 e. The molecule has 1 amide bonds. The van der Waals surface area contributed by atoms with E-state index in [1.165, 1.54) is 3.97 Å². The Morgan fingerprint density at radius 1 is 1.17 bits per heavy atom. The number of piperazine rings is 1. The normalized spacial score (nSPS) is 26.5. The van der Waals surface area contributed by atoms with Crippen molar-refractivity contribution >= 4 is 48.8 Å². The fourth-order valence-electron chi connectivity index (χ4n) is 6.51. The number of fused-ring (bicyclic) bond motifs is 3. The van der Waals surface area contributed by atoms with Crippen LogP contribution in [0.25, 0.3) is 11.0 Å². The molecule has 3 aromatic heterocycles. The van der Waals surface area contributed by atoms with Gasteiger partial charge < -0.3 is 9.64 Å². The molecule has 2 saturated heterocycles. The van der Waals surface area contributed by atoms with Gasteiger partial charge in [0.1, 0.15) is 10.3 Å². The predicted octanol–water partition coefficient (Wildman–Crippen LogP) is 4.93. The molecule has 4 atom stereocenters. The lowest BCUT2D eigenvalue weighted by molar-refractivity contribution is 0.0123. The number of pyridine rings is 1. The molecule has 5 heterocycles. The number of aryl methyl sites for hydroxylation is 1. The van der Waals surface area contributed by atoms with E-state index in [4.69, 9.17) is 4.74 Å². The zero-order valence-corrected chi connectivity index (χ0v) is 26.3. The van der Waals surface area contributed by atoms with Gasteiger partial charge in [-0.3, -0.25) is 9.58 Å². The molecule has 1 aliphatic carbocycles. The van der Waals surface area contributed by atoms with E-state index in [0.717, 1.165) is 34.0 Å². The molecule has 0 N–H and O–H groups in total. The van der Waals surface area contributed by atoms with Crippen LogP contribution in [0.3, 0.4) is 0 Å². The third kappa shape index (κ3) is 4.59. The molecule has 2 fully saturated rings. The molecule has 4 unspecified atom stereocenters. The van der Waals surface area contributed by atoms with Crippen LogP contribution in [0.1, 0.15) is 52.0 Å². The summed E-state index contributed by atoms with van der Waals surface area (Å²) in [4.78, 5) is 21.7. The molecule has 6 rings (SSSR count). The number of halogens is 1. The lowest BCUT2D eigenvalue weighted by Crippen LogP contribution is -2.56. The largest absolute Gasteiger partial charge is 0.444 e. The average Bonchev–Trinajstić information content (AvgIpc) is 3.58. The molecular weight excluding hydrogens is 608 g/mol. The van der Waals surface area contributed by atoms with Gasteiger partial charge in [-0.05, 0) is 52.7 Å². The molecule has 218 valence electrons. The van der Waals surface area contributed by atoms with Gasteiger partial charge in [0.2, 0.25) is 10.0 Å².